The maximum absolute atomic E-state index is 12.6. The minimum absolute atomic E-state index is 0.345. The summed E-state index contributed by atoms with van der Waals surface area (Å²) in [6.45, 7) is 7.22. The van der Waals surface area contributed by atoms with Crippen LogP contribution < -0.4 is 5.32 Å². The van der Waals surface area contributed by atoms with E-state index in [4.69, 9.17) is 0 Å². The molecule has 0 radical (unpaired) electrons. The number of nitrogens with one attached hydrogen (secondary N) is 1. The van der Waals surface area contributed by atoms with Gasteiger partial charge in [-0.25, -0.2) is 0 Å². The quantitative estimate of drug-likeness (QED) is 0.727. The molecule has 0 aliphatic heterocycles. The van der Waals surface area contributed by atoms with Gasteiger partial charge in [0.05, 0.1) is 6.54 Å². The molecule has 2 nitrogen and oxygen atoms in total. The van der Waals surface area contributed by atoms with Crippen molar-refractivity contribution in [2.45, 2.75) is 65.1 Å². The molecule has 0 aromatic rings. The number of rotatable bonds is 8. The number of hydrogen-bond donors (Lipinski definition) is 1. The van der Waals surface area contributed by atoms with E-state index in [1.165, 1.54) is 19.3 Å². The van der Waals surface area contributed by atoms with Crippen molar-refractivity contribution >= 4 is 0 Å². The van der Waals surface area contributed by atoms with Crippen molar-refractivity contribution < 1.29 is 13.2 Å². The molecule has 1 aliphatic carbocycles. The zero-order valence-electron chi connectivity index (χ0n) is 13.7. The number of alkyl halides is 3. The fourth-order valence-electron chi connectivity index (χ4n) is 3.66. The van der Waals surface area contributed by atoms with E-state index in [1.54, 1.807) is 4.90 Å². The fraction of sp³-hybridized carbons (Fsp3) is 1.00. The van der Waals surface area contributed by atoms with E-state index in [9.17, 15) is 13.2 Å². The first kappa shape index (κ1) is 18.8. The number of halogens is 3. The lowest BCUT2D eigenvalue weighted by Gasteiger charge is -2.39. The third kappa shape index (κ3) is 7.00. The standard InChI is InChI=1S/C16H31F3N2/c1-4-7-13-8-9-15(20-5-2)14(10-13)11-21(6-3)12-16(17,18)19/h13-15,20H,4-12H2,1-3H3. The number of hydrogen-bond acceptors (Lipinski definition) is 2. The Morgan fingerprint density at radius 3 is 2.38 bits per heavy atom. The molecular weight excluding hydrogens is 277 g/mol. The second-order valence-electron chi connectivity index (χ2n) is 6.33. The Kier molecular flexibility index (Phi) is 8.03. The Labute approximate surface area is 127 Å². The van der Waals surface area contributed by atoms with Gasteiger partial charge in [0, 0.05) is 12.6 Å². The van der Waals surface area contributed by atoms with Gasteiger partial charge in [-0.15, -0.1) is 0 Å². The predicted molar refractivity (Wildman–Crippen MR) is 81.4 cm³/mol. The lowest BCUT2D eigenvalue weighted by atomic mass is 9.76. The first-order valence-corrected chi connectivity index (χ1v) is 8.42. The first-order valence-electron chi connectivity index (χ1n) is 8.42. The van der Waals surface area contributed by atoms with Crippen LogP contribution in [0.4, 0.5) is 13.2 Å². The summed E-state index contributed by atoms with van der Waals surface area (Å²) >= 11 is 0. The molecule has 1 rings (SSSR count). The van der Waals surface area contributed by atoms with Crippen LogP contribution in [-0.4, -0.2) is 43.3 Å². The molecule has 3 atom stereocenters. The van der Waals surface area contributed by atoms with Gasteiger partial charge >= 0.3 is 6.18 Å². The molecule has 1 N–H and O–H groups in total. The lowest BCUT2D eigenvalue weighted by molar-refractivity contribution is -0.147. The molecule has 0 spiro atoms. The molecule has 1 saturated carbocycles. The molecule has 0 bridgehead atoms. The highest BCUT2D eigenvalue weighted by Gasteiger charge is 2.34. The van der Waals surface area contributed by atoms with Crippen LogP contribution in [0, 0.1) is 11.8 Å². The van der Waals surface area contributed by atoms with Gasteiger partial charge < -0.3 is 5.32 Å². The highest BCUT2D eigenvalue weighted by atomic mass is 19.4. The Balaban J connectivity index is 2.62. The van der Waals surface area contributed by atoms with Crippen LogP contribution in [0.3, 0.4) is 0 Å². The minimum Gasteiger partial charge on any atom is -0.314 e. The van der Waals surface area contributed by atoms with Crippen LogP contribution >= 0.6 is 0 Å². The largest absolute Gasteiger partial charge is 0.401 e. The molecule has 5 heteroatoms. The van der Waals surface area contributed by atoms with Crippen molar-refractivity contribution in [2.24, 2.45) is 11.8 Å². The summed E-state index contributed by atoms with van der Waals surface area (Å²) in [6, 6.07) is 0.380. The van der Waals surface area contributed by atoms with Gasteiger partial charge in [0.15, 0.2) is 0 Å². The van der Waals surface area contributed by atoms with Crippen molar-refractivity contribution in [3.8, 4) is 0 Å². The number of nitrogens with zero attached hydrogens (tertiary/aromatic N) is 1. The second-order valence-corrected chi connectivity index (χ2v) is 6.33. The molecule has 0 aromatic carbocycles. The average molecular weight is 308 g/mol. The van der Waals surface area contributed by atoms with Crippen molar-refractivity contribution in [2.75, 3.05) is 26.2 Å². The smallest absolute Gasteiger partial charge is 0.314 e. The normalized spacial score (nSPS) is 27.3. The Hall–Kier alpha value is -0.290. The molecule has 0 aromatic heterocycles. The lowest BCUT2D eigenvalue weighted by Crippen LogP contribution is -2.47. The Morgan fingerprint density at radius 1 is 1.14 bits per heavy atom. The molecule has 1 fully saturated rings. The van der Waals surface area contributed by atoms with Crippen LogP contribution in [0.2, 0.25) is 0 Å². The molecule has 3 unspecified atom stereocenters. The summed E-state index contributed by atoms with van der Waals surface area (Å²) in [5, 5.41) is 3.48. The van der Waals surface area contributed by atoms with Gasteiger partial charge in [-0.2, -0.15) is 13.2 Å². The van der Waals surface area contributed by atoms with E-state index in [2.05, 4.69) is 19.2 Å². The van der Waals surface area contributed by atoms with Crippen LogP contribution in [0.1, 0.15) is 52.9 Å². The summed E-state index contributed by atoms with van der Waals surface area (Å²) in [5.74, 6) is 1.04. The van der Waals surface area contributed by atoms with E-state index in [1.807, 2.05) is 6.92 Å². The van der Waals surface area contributed by atoms with Gasteiger partial charge in [0.2, 0.25) is 0 Å². The first-order chi connectivity index (χ1) is 9.89. The third-order valence-electron chi connectivity index (χ3n) is 4.60. The molecule has 126 valence electrons. The van der Waals surface area contributed by atoms with Crippen LogP contribution in [0.5, 0.6) is 0 Å². The van der Waals surface area contributed by atoms with E-state index >= 15 is 0 Å². The molecule has 21 heavy (non-hydrogen) atoms. The summed E-state index contributed by atoms with van der Waals surface area (Å²) < 4.78 is 37.9. The predicted octanol–water partition coefficient (Wildman–Crippen LogP) is 4.07. The van der Waals surface area contributed by atoms with Gasteiger partial charge in [0.1, 0.15) is 0 Å². The average Bonchev–Trinajstić information content (AvgIpc) is 2.40. The van der Waals surface area contributed by atoms with Crippen LogP contribution in [-0.2, 0) is 0 Å². The second kappa shape index (κ2) is 8.99. The summed E-state index contributed by atoms with van der Waals surface area (Å²) in [5.41, 5.74) is 0. The topological polar surface area (TPSA) is 15.3 Å². The minimum atomic E-state index is -4.10. The summed E-state index contributed by atoms with van der Waals surface area (Å²) in [4.78, 5) is 1.56. The van der Waals surface area contributed by atoms with E-state index in [0.717, 1.165) is 19.4 Å². The maximum atomic E-state index is 12.6. The van der Waals surface area contributed by atoms with E-state index < -0.39 is 12.7 Å². The van der Waals surface area contributed by atoms with Gasteiger partial charge in [-0.3, -0.25) is 4.90 Å². The zero-order chi connectivity index (χ0) is 15.9. The van der Waals surface area contributed by atoms with Crippen molar-refractivity contribution in [1.29, 1.82) is 0 Å². The van der Waals surface area contributed by atoms with Gasteiger partial charge in [-0.1, -0.05) is 33.6 Å². The van der Waals surface area contributed by atoms with E-state index in [0.29, 0.717) is 31.0 Å². The Morgan fingerprint density at radius 2 is 1.86 bits per heavy atom. The van der Waals surface area contributed by atoms with Crippen molar-refractivity contribution in [3.63, 3.8) is 0 Å². The van der Waals surface area contributed by atoms with E-state index in [-0.39, 0.29) is 0 Å². The highest BCUT2D eigenvalue weighted by Crippen LogP contribution is 2.33. The van der Waals surface area contributed by atoms with Crippen LogP contribution in [0.15, 0.2) is 0 Å². The molecule has 1 aliphatic rings. The summed E-state index contributed by atoms with van der Waals surface area (Å²) in [6.07, 6.45) is 1.67. The molecule has 0 heterocycles. The molecule has 0 amide bonds. The van der Waals surface area contributed by atoms with Crippen LogP contribution in [0.25, 0.3) is 0 Å². The molecule has 0 saturated heterocycles. The fourth-order valence-corrected chi connectivity index (χ4v) is 3.66. The third-order valence-corrected chi connectivity index (χ3v) is 4.60. The monoisotopic (exact) mass is 308 g/mol. The Bertz CT molecular complexity index is 281. The molecular formula is C16H31F3N2. The summed E-state index contributed by atoms with van der Waals surface area (Å²) in [7, 11) is 0. The van der Waals surface area contributed by atoms with Gasteiger partial charge in [0.25, 0.3) is 0 Å². The van der Waals surface area contributed by atoms with Crippen molar-refractivity contribution in [1.82, 2.24) is 10.2 Å². The maximum Gasteiger partial charge on any atom is 0.401 e. The van der Waals surface area contributed by atoms with Crippen molar-refractivity contribution in [3.05, 3.63) is 0 Å². The zero-order valence-corrected chi connectivity index (χ0v) is 13.7. The highest BCUT2D eigenvalue weighted by molar-refractivity contribution is 4.86. The SMILES string of the molecule is CCCC1CCC(NCC)C(CN(CC)CC(F)(F)F)C1. The van der Waals surface area contributed by atoms with Gasteiger partial charge in [-0.05, 0) is 44.2 Å².